The number of fused-ring (bicyclic) bond motifs is 1. The number of hydrogen-bond donors (Lipinski definition) is 1. The second kappa shape index (κ2) is 8.44. The fourth-order valence-electron chi connectivity index (χ4n) is 3.07. The van der Waals surface area contributed by atoms with Crippen LogP contribution in [0.25, 0.3) is 0 Å². The van der Waals surface area contributed by atoms with E-state index in [2.05, 4.69) is 22.7 Å². The van der Waals surface area contributed by atoms with E-state index in [0.29, 0.717) is 5.71 Å². The highest BCUT2D eigenvalue weighted by atomic mass is 16.6. The fraction of sp³-hybridized carbons (Fsp3) is 0.300. The number of carbonyl (C=O) groups is 1. The first-order valence-corrected chi connectivity index (χ1v) is 8.86. The molecule has 0 aliphatic heterocycles. The van der Waals surface area contributed by atoms with E-state index < -0.39 is 10.8 Å². The molecule has 0 unspecified atom stereocenters. The van der Waals surface area contributed by atoms with Crippen molar-refractivity contribution in [3.05, 3.63) is 69.3 Å². The van der Waals surface area contributed by atoms with Crippen LogP contribution in [0.2, 0.25) is 0 Å². The van der Waals surface area contributed by atoms with Gasteiger partial charge in [0.2, 0.25) is 0 Å². The molecule has 7 heteroatoms. The highest BCUT2D eigenvalue weighted by Crippen LogP contribution is 2.25. The Bertz CT molecular complexity index is 893. The SMILES string of the molecule is C/C(=N/NC(=O)COc1ccccc1[N+](=O)[O-])c1ccc2c(c1)CCCC2. The van der Waals surface area contributed by atoms with Crippen molar-refractivity contribution in [2.24, 2.45) is 5.10 Å². The molecule has 0 bridgehead atoms. The number of benzene rings is 2. The Morgan fingerprint density at radius 1 is 1.19 bits per heavy atom. The number of aryl methyl sites for hydroxylation is 2. The average molecular weight is 367 g/mol. The number of amides is 1. The van der Waals surface area contributed by atoms with Gasteiger partial charge in [-0.15, -0.1) is 0 Å². The number of ether oxygens (including phenoxy) is 1. The van der Waals surface area contributed by atoms with Gasteiger partial charge in [-0.2, -0.15) is 5.10 Å². The van der Waals surface area contributed by atoms with Gasteiger partial charge in [-0.25, -0.2) is 5.43 Å². The summed E-state index contributed by atoms with van der Waals surface area (Å²) in [5.74, 6) is -0.432. The molecule has 0 radical (unpaired) electrons. The molecule has 2 aromatic rings. The Morgan fingerprint density at radius 2 is 1.93 bits per heavy atom. The van der Waals surface area contributed by atoms with Gasteiger partial charge in [0, 0.05) is 6.07 Å². The van der Waals surface area contributed by atoms with Crippen molar-refractivity contribution in [2.45, 2.75) is 32.6 Å². The van der Waals surface area contributed by atoms with Crippen molar-refractivity contribution in [1.82, 2.24) is 5.43 Å². The monoisotopic (exact) mass is 367 g/mol. The zero-order valence-corrected chi connectivity index (χ0v) is 15.1. The van der Waals surface area contributed by atoms with Crippen molar-refractivity contribution >= 4 is 17.3 Å². The molecule has 1 aliphatic rings. The summed E-state index contributed by atoms with van der Waals surface area (Å²) in [6.07, 6.45) is 4.62. The lowest BCUT2D eigenvalue weighted by Crippen LogP contribution is -2.25. The maximum Gasteiger partial charge on any atom is 0.310 e. The second-order valence-corrected chi connectivity index (χ2v) is 6.44. The largest absolute Gasteiger partial charge is 0.477 e. The summed E-state index contributed by atoms with van der Waals surface area (Å²) >= 11 is 0. The molecule has 1 aliphatic carbocycles. The minimum Gasteiger partial charge on any atom is -0.477 e. The van der Waals surface area contributed by atoms with E-state index in [9.17, 15) is 14.9 Å². The van der Waals surface area contributed by atoms with Gasteiger partial charge in [0.1, 0.15) is 0 Å². The molecule has 1 N–H and O–H groups in total. The molecule has 140 valence electrons. The van der Waals surface area contributed by atoms with Gasteiger partial charge in [0.25, 0.3) is 5.91 Å². The zero-order valence-electron chi connectivity index (χ0n) is 15.1. The molecule has 0 fully saturated rings. The Hall–Kier alpha value is -3.22. The number of nitro groups is 1. The van der Waals surface area contributed by atoms with Gasteiger partial charge in [-0.3, -0.25) is 14.9 Å². The second-order valence-electron chi connectivity index (χ2n) is 6.44. The molecule has 0 spiro atoms. The summed E-state index contributed by atoms with van der Waals surface area (Å²) < 4.78 is 5.25. The van der Waals surface area contributed by atoms with Crippen LogP contribution in [-0.4, -0.2) is 23.1 Å². The third-order valence-corrected chi connectivity index (χ3v) is 4.54. The molecule has 0 saturated heterocycles. The van der Waals surface area contributed by atoms with Crippen molar-refractivity contribution in [3.8, 4) is 5.75 Å². The number of rotatable bonds is 6. The maximum absolute atomic E-state index is 12.0. The van der Waals surface area contributed by atoms with Crippen molar-refractivity contribution in [3.63, 3.8) is 0 Å². The van der Waals surface area contributed by atoms with E-state index in [1.807, 2.05) is 13.0 Å². The van der Waals surface area contributed by atoms with E-state index >= 15 is 0 Å². The predicted molar refractivity (Wildman–Crippen MR) is 102 cm³/mol. The normalized spacial score (nSPS) is 13.6. The van der Waals surface area contributed by atoms with Crippen LogP contribution >= 0.6 is 0 Å². The smallest absolute Gasteiger partial charge is 0.310 e. The first-order chi connectivity index (χ1) is 13.0. The molecule has 7 nitrogen and oxygen atoms in total. The van der Waals surface area contributed by atoms with Gasteiger partial charge in [-0.05, 0) is 61.4 Å². The highest BCUT2D eigenvalue weighted by molar-refractivity contribution is 5.99. The van der Waals surface area contributed by atoms with Crippen LogP contribution in [0.3, 0.4) is 0 Å². The number of hydrazone groups is 1. The van der Waals surface area contributed by atoms with E-state index in [0.717, 1.165) is 18.4 Å². The molecule has 0 atom stereocenters. The fourth-order valence-corrected chi connectivity index (χ4v) is 3.07. The minimum atomic E-state index is -0.550. The van der Waals surface area contributed by atoms with E-state index in [1.165, 1.54) is 42.2 Å². The number of hydrogen-bond acceptors (Lipinski definition) is 5. The van der Waals surface area contributed by atoms with Crippen LogP contribution in [0.4, 0.5) is 5.69 Å². The summed E-state index contributed by atoms with van der Waals surface area (Å²) in [4.78, 5) is 22.3. The molecular weight excluding hydrogens is 346 g/mol. The molecular formula is C20H21N3O4. The Morgan fingerprint density at radius 3 is 2.70 bits per heavy atom. The van der Waals surface area contributed by atoms with Crippen molar-refractivity contribution in [2.75, 3.05) is 6.61 Å². The topological polar surface area (TPSA) is 93.8 Å². The van der Waals surface area contributed by atoms with Gasteiger partial charge in [0.05, 0.1) is 10.6 Å². The lowest BCUT2D eigenvalue weighted by molar-refractivity contribution is -0.385. The van der Waals surface area contributed by atoms with E-state index in [1.54, 1.807) is 6.07 Å². The predicted octanol–water partition coefficient (Wildman–Crippen LogP) is 3.39. The van der Waals surface area contributed by atoms with Gasteiger partial charge >= 0.3 is 5.69 Å². The van der Waals surface area contributed by atoms with E-state index in [-0.39, 0.29) is 18.0 Å². The van der Waals surface area contributed by atoms with Crippen LogP contribution in [0.15, 0.2) is 47.6 Å². The van der Waals surface area contributed by atoms with Gasteiger partial charge in [0.15, 0.2) is 12.4 Å². The van der Waals surface area contributed by atoms with Crippen LogP contribution in [0, 0.1) is 10.1 Å². The van der Waals surface area contributed by atoms with E-state index in [4.69, 9.17) is 4.74 Å². The Labute approximate surface area is 157 Å². The molecule has 0 aromatic heterocycles. The van der Waals surface area contributed by atoms with Crippen LogP contribution < -0.4 is 10.2 Å². The van der Waals surface area contributed by atoms with Crippen molar-refractivity contribution < 1.29 is 14.5 Å². The molecule has 2 aromatic carbocycles. The van der Waals surface area contributed by atoms with Gasteiger partial charge in [-0.1, -0.05) is 24.3 Å². The third kappa shape index (κ3) is 4.69. The lowest BCUT2D eigenvalue weighted by atomic mass is 9.90. The molecule has 27 heavy (non-hydrogen) atoms. The maximum atomic E-state index is 12.0. The Kier molecular flexibility index (Phi) is 5.80. The molecule has 3 rings (SSSR count). The average Bonchev–Trinajstić information content (AvgIpc) is 2.70. The zero-order chi connectivity index (χ0) is 19.2. The Balaban J connectivity index is 1.59. The molecule has 1 amide bonds. The lowest BCUT2D eigenvalue weighted by Gasteiger charge is -2.16. The number of carbonyl (C=O) groups excluding carboxylic acids is 1. The standard InChI is InChI=1S/C20H21N3O4/c1-14(16-11-10-15-6-2-3-7-17(15)12-16)21-22-20(24)13-27-19-9-5-4-8-18(19)23(25)26/h4-5,8-12H,2-3,6-7,13H2,1H3,(H,22,24)/b21-14-. The summed E-state index contributed by atoms with van der Waals surface area (Å²) in [7, 11) is 0. The number of nitrogens with zero attached hydrogens (tertiary/aromatic N) is 2. The summed E-state index contributed by atoms with van der Waals surface area (Å²) in [5.41, 5.74) is 6.65. The first kappa shape index (κ1) is 18.6. The summed E-state index contributed by atoms with van der Waals surface area (Å²) in [6.45, 7) is 1.47. The van der Waals surface area contributed by atoms with Crippen LogP contribution in [0.1, 0.15) is 36.5 Å². The molecule has 0 saturated carbocycles. The minimum absolute atomic E-state index is 0.0491. The van der Waals surface area contributed by atoms with Crippen LogP contribution in [-0.2, 0) is 17.6 Å². The highest BCUT2D eigenvalue weighted by Gasteiger charge is 2.15. The number of nitrogens with one attached hydrogen (secondary N) is 1. The summed E-state index contributed by atoms with van der Waals surface area (Å²) in [5, 5.41) is 15.1. The van der Waals surface area contributed by atoms with Crippen molar-refractivity contribution in [1.29, 1.82) is 0 Å². The first-order valence-electron chi connectivity index (χ1n) is 8.86. The number of para-hydroxylation sites is 2. The summed E-state index contributed by atoms with van der Waals surface area (Å²) in [6, 6.07) is 12.2. The molecule has 0 heterocycles. The third-order valence-electron chi connectivity index (χ3n) is 4.54. The number of nitro benzene ring substituents is 1. The quantitative estimate of drug-likeness (QED) is 0.481. The van der Waals surface area contributed by atoms with Gasteiger partial charge < -0.3 is 4.74 Å². The van der Waals surface area contributed by atoms with Crippen LogP contribution in [0.5, 0.6) is 5.75 Å².